The second kappa shape index (κ2) is 6.02. The number of anilines is 1. The van der Waals surface area contributed by atoms with Gasteiger partial charge in [-0.1, -0.05) is 24.8 Å². The van der Waals surface area contributed by atoms with E-state index < -0.39 is 0 Å². The molecule has 0 aliphatic heterocycles. The van der Waals surface area contributed by atoms with E-state index in [9.17, 15) is 0 Å². The summed E-state index contributed by atoms with van der Waals surface area (Å²) in [6, 6.07) is 11.9. The molecule has 0 unspecified atom stereocenters. The SMILES string of the molecule is C=Cc1ccc(NC(=S)NCc2ccc[nH]2)cc1. The minimum Gasteiger partial charge on any atom is -0.364 e. The van der Waals surface area contributed by atoms with Crippen molar-refractivity contribution in [3.8, 4) is 0 Å². The predicted octanol–water partition coefficient (Wildman–Crippen LogP) is 3.14. The van der Waals surface area contributed by atoms with Crippen LogP contribution < -0.4 is 10.6 Å². The highest BCUT2D eigenvalue weighted by molar-refractivity contribution is 7.80. The summed E-state index contributed by atoms with van der Waals surface area (Å²) < 4.78 is 0. The van der Waals surface area contributed by atoms with E-state index in [1.165, 1.54) is 0 Å². The third-order valence-corrected chi connectivity index (χ3v) is 2.75. The lowest BCUT2D eigenvalue weighted by Gasteiger charge is -2.10. The Kier molecular flexibility index (Phi) is 4.15. The lowest BCUT2D eigenvalue weighted by atomic mass is 10.2. The van der Waals surface area contributed by atoms with Gasteiger partial charge in [0.2, 0.25) is 0 Å². The molecule has 0 bridgehead atoms. The number of aromatic nitrogens is 1. The highest BCUT2D eigenvalue weighted by Crippen LogP contribution is 2.10. The molecule has 2 rings (SSSR count). The molecule has 0 saturated heterocycles. The summed E-state index contributed by atoms with van der Waals surface area (Å²) in [5.41, 5.74) is 3.15. The molecule has 2 aromatic rings. The molecule has 1 aromatic heterocycles. The third kappa shape index (κ3) is 3.46. The van der Waals surface area contributed by atoms with E-state index in [1.54, 1.807) is 0 Å². The van der Waals surface area contributed by atoms with Gasteiger partial charge in [0.1, 0.15) is 0 Å². The van der Waals surface area contributed by atoms with E-state index in [4.69, 9.17) is 12.2 Å². The normalized spacial score (nSPS) is 9.78. The van der Waals surface area contributed by atoms with E-state index in [0.717, 1.165) is 16.9 Å². The van der Waals surface area contributed by atoms with Crippen LogP contribution in [0.2, 0.25) is 0 Å². The Morgan fingerprint density at radius 1 is 1.28 bits per heavy atom. The number of rotatable bonds is 4. The first-order chi connectivity index (χ1) is 8.78. The maximum Gasteiger partial charge on any atom is 0.171 e. The van der Waals surface area contributed by atoms with Gasteiger partial charge in [-0.05, 0) is 42.0 Å². The van der Waals surface area contributed by atoms with Crippen molar-refractivity contribution in [3.05, 3.63) is 60.4 Å². The highest BCUT2D eigenvalue weighted by Gasteiger charge is 1.98. The average Bonchev–Trinajstić information content (AvgIpc) is 2.90. The molecule has 0 radical (unpaired) electrons. The summed E-state index contributed by atoms with van der Waals surface area (Å²) in [5.74, 6) is 0. The monoisotopic (exact) mass is 257 g/mol. The van der Waals surface area contributed by atoms with Crippen LogP contribution in [0.5, 0.6) is 0 Å². The van der Waals surface area contributed by atoms with Gasteiger partial charge in [0.15, 0.2) is 5.11 Å². The largest absolute Gasteiger partial charge is 0.364 e. The molecule has 3 N–H and O–H groups in total. The standard InChI is InChI=1S/C14H15N3S/c1-2-11-5-7-12(8-6-11)17-14(18)16-10-13-4-3-9-15-13/h2-9,15H,1,10H2,(H2,16,17,18). The quantitative estimate of drug-likeness (QED) is 0.737. The summed E-state index contributed by atoms with van der Waals surface area (Å²) in [7, 11) is 0. The Balaban J connectivity index is 1.84. The van der Waals surface area contributed by atoms with Gasteiger partial charge in [0.05, 0.1) is 6.54 Å². The molecule has 18 heavy (non-hydrogen) atoms. The Morgan fingerprint density at radius 3 is 2.67 bits per heavy atom. The number of hydrogen-bond acceptors (Lipinski definition) is 1. The van der Waals surface area contributed by atoms with Crippen molar-refractivity contribution >= 4 is 29.1 Å². The van der Waals surface area contributed by atoms with Gasteiger partial charge in [-0.15, -0.1) is 0 Å². The topological polar surface area (TPSA) is 39.8 Å². The summed E-state index contributed by atoms with van der Waals surface area (Å²) in [5, 5.41) is 6.87. The number of aromatic amines is 1. The molecule has 0 atom stereocenters. The molecule has 1 aromatic carbocycles. The maximum atomic E-state index is 5.21. The van der Waals surface area contributed by atoms with Crippen molar-refractivity contribution in [2.75, 3.05) is 5.32 Å². The summed E-state index contributed by atoms with van der Waals surface area (Å²) in [6.45, 7) is 4.40. The Labute approximate surface area is 112 Å². The van der Waals surface area contributed by atoms with Gasteiger partial charge in [0, 0.05) is 17.6 Å². The number of benzene rings is 1. The molecule has 0 amide bonds. The first-order valence-corrected chi connectivity index (χ1v) is 6.08. The molecule has 0 aliphatic carbocycles. The zero-order valence-electron chi connectivity index (χ0n) is 9.94. The first kappa shape index (κ1) is 12.4. The van der Waals surface area contributed by atoms with Gasteiger partial charge in [0.25, 0.3) is 0 Å². The fourth-order valence-electron chi connectivity index (χ4n) is 1.53. The third-order valence-electron chi connectivity index (χ3n) is 2.51. The van der Waals surface area contributed by atoms with Gasteiger partial charge in [-0.2, -0.15) is 0 Å². The first-order valence-electron chi connectivity index (χ1n) is 5.67. The van der Waals surface area contributed by atoms with Crippen molar-refractivity contribution in [3.63, 3.8) is 0 Å². The molecule has 0 spiro atoms. The van der Waals surface area contributed by atoms with E-state index in [0.29, 0.717) is 11.7 Å². The van der Waals surface area contributed by atoms with Gasteiger partial charge in [-0.25, -0.2) is 0 Å². The zero-order valence-corrected chi connectivity index (χ0v) is 10.8. The van der Waals surface area contributed by atoms with Crippen molar-refractivity contribution in [1.29, 1.82) is 0 Å². The lowest BCUT2D eigenvalue weighted by Crippen LogP contribution is -2.27. The maximum absolute atomic E-state index is 5.21. The van der Waals surface area contributed by atoms with Crippen LogP contribution in [0.4, 0.5) is 5.69 Å². The van der Waals surface area contributed by atoms with Crippen molar-refractivity contribution < 1.29 is 0 Å². The van der Waals surface area contributed by atoms with Crippen LogP contribution in [-0.2, 0) is 6.54 Å². The molecular formula is C14H15N3S. The molecule has 4 heteroatoms. The molecular weight excluding hydrogens is 242 g/mol. The van der Waals surface area contributed by atoms with Gasteiger partial charge < -0.3 is 15.6 Å². The number of nitrogens with one attached hydrogen (secondary N) is 3. The van der Waals surface area contributed by atoms with E-state index >= 15 is 0 Å². The fraction of sp³-hybridized carbons (Fsp3) is 0.0714. The van der Waals surface area contributed by atoms with Crippen molar-refractivity contribution in [2.24, 2.45) is 0 Å². The molecule has 0 saturated carbocycles. The van der Waals surface area contributed by atoms with Crippen LogP contribution in [0, 0.1) is 0 Å². The molecule has 3 nitrogen and oxygen atoms in total. The highest BCUT2D eigenvalue weighted by atomic mass is 32.1. The van der Waals surface area contributed by atoms with E-state index in [-0.39, 0.29) is 0 Å². The minimum absolute atomic E-state index is 0.607. The fourth-order valence-corrected chi connectivity index (χ4v) is 1.72. The lowest BCUT2D eigenvalue weighted by molar-refractivity contribution is 0.893. The van der Waals surface area contributed by atoms with Crippen molar-refractivity contribution in [1.82, 2.24) is 10.3 Å². The Bertz CT molecular complexity index is 514. The average molecular weight is 257 g/mol. The van der Waals surface area contributed by atoms with Crippen molar-refractivity contribution in [2.45, 2.75) is 6.54 Å². The molecule has 1 heterocycles. The minimum atomic E-state index is 0.607. The smallest absolute Gasteiger partial charge is 0.171 e. The summed E-state index contributed by atoms with van der Waals surface area (Å²) in [4.78, 5) is 3.11. The molecule has 92 valence electrons. The second-order valence-corrected chi connectivity index (χ2v) is 4.24. The van der Waals surface area contributed by atoms with E-state index in [2.05, 4.69) is 22.2 Å². The predicted molar refractivity (Wildman–Crippen MR) is 80.4 cm³/mol. The van der Waals surface area contributed by atoms with Crippen LogP contribution in [0.3, 0.4) is 0 Å². The number of thiocarbonyl (C=S) groups is 1. The Hall–Kier alpha value is -2.07. The zero-order chi connectivity index (χ0) is 12.8. The number of hydrogen-bond donors (Lipinski definition) is 3. The van der Waals surface area contributed by atoms with Gasteiger partial charge >= 0.3 is 0 Å². The molecule has 0 fully saturated rings. The van der Waals surface area contributed by atoms with Crippen LogP contribution in [-0.4, -0.2) is 10.1 Å². The van der Waals surface area contributed by atoms with Crippen LogP contribution in [0.25, 0.3) is 6.08 Å². The second-order valence-electron chi connectivity index (χ2n) is 3.83. The number of H-pyrrole nitrogens is 1. The van der Waals surface area contributed by atoms with Crippen LogP contribution >= 0.6 is 12.2 Å². The molecule has 0 aliphatic rings. The van der Waals surface area contributed by atoms with Crippen LogP contribution in [0.15, 0.2) is 49.2 Å². The summed E-state index contributed by atoms with van der Waals surface area (Å²) >= 11 is 5.21. The van der Waals surface area contributed by atoms with Crippen LogP contribution in [0.1, 0.15) is 11.3 Å². The summed E-state index contributed by atoms with van der Waals surface area (Å²) in [6.07, 6.45) is 3.70. The van der Waals surface area contributed by atoms with Gasteiger partial charge in [-0.3, -0.25) is 0 Å². The Morgan fingerprint density at radius 2 is 2.06 bits per heavy atom. The van der Waals surface area contributed by atoms with E-state index in [1.807, 2.05) is 48.7 Å².